The summed E-state index contributed by atoms with van der Waals surface area (Å²) in [6, 6.07) is 16.4. The van der Waals surface area contributed by atoms with Crippen LogP contribution in [0.3, 0.4) is 0 Å². The molecule has 0 bridgehead atoms. The molecule has 4 heterocycles. The number of H-pyrrole nitrogens is 1. The van der Waals surface area contributed by atoms with Crippen molar-refractivity contribution in [1.82, 2.24) is 30.4 Å². The lowest BCUT2D eigenvalue weighted by Crippen LogP contribution is -2.54. The van der Waals surface area contributed by atoms with E-state index in [9.17, 15) is 9.59 Å². The molecule has 0 radical (unpaired) electrons. The maximum atomic E-state index is 12.5. The van der Waals surface area contributed by atoms with E-state index < -0.39 is 6.04 Å². The number of hydrogen-bond donors (Lipinski definition) is 5. The number of nitrogens with one attached hydrogen (secondary N) is 3. The van der Waals surface area contributed by atoms with Gasteiger partial charge in [0, 0.05) is 19.3 Å². The third-order valence-corrected chi connectivity index (χ3v) is 8.46. The number of carbonyl (C=O) groups excluding carboxylic acids is 2. The van der Waals surface area contributed by atoms with E-state index in [-0.39, 0.29) is 36.6 Å². The van der Waals surface area contributed by atoms with E-state index in [2.05, 4.69) is 69.1 Å². The fourth-order valence-corrected chi connectivity index (χ4v) is 6.28. The van der Waals surface area contributed by atoms with E-state index in [1.54, 1.807) is 6.92 Å². The first-order valence-corrected chi connectivity index (χ1v) is 14.5. The summed E-state index contributed by atoms with van der Waals surface area (Å²) in [5.41, 5.74) is 17.8. The zero-order valence-electron chi connectivity index (χ0n) is 23.3. The number of benzene rings is 2. The Hall–Kier alpha value is -4.15. The fourth-order valence-electron chi connectivity index (χ4n) is 6.28. The van der Waals surface area contributed by atoms with Gasteiger partial charge in [-0.3, -0.25) is 9.59 Å². The summed E-state index contributed by atoms with van der Waals surface area (Å²) in [6.07, 6.45) is 7.60. The highest BCUT2D eigenvalue weighted by molar-refractivity contribution is 5.82. The van der Waals surface area contributed by atoms with E-state index in [4.69, 9.17) is 11.5 Å². The van der Waals surface area contributed by atoms with Gasteiger partial charge in [-0.25, -0.2) is 4.98 Å². The topological polar surface area (TPSA) is 145 Å². The number of rotatable bonds is 7. The largest absolute Gasteiger partial charge is 0.368 e. The Balaban J connectivity index is 1.10. The summed E-state index contributed by atoms with van der Waals surface area (Å²) < 4.78 is 0. The van der Waals surface area contributed by atoms with Crippen molar-refractivity contribution in [3.05, 3.63) is 72.3 Å². The van der Waals surface area contributed by atoms with Crippen LogP contribution in [0, 0.1) is 0 Å². The highest BCUT2D eigenvalue weighted by Crippen LogP contribution is 2.32. The Bertz CT molecular complexity index is 1430. The molecule has 6 rings (SSSR count). The second-order valence-corrected chi connectivity index (χ2v) is 11.2. The lowest BCUT2D eigenvalue weighted by Gasteiger charge is -2.31. The molecule has 10 nitrogen and oxygen atoms in total. The molecule has 1 aromatic heterocycles. The van der Waals surface area contributed by atoms with Gasteiger partial charge in [-0.1, -0.05) is 48.5 Å². The van der Waals surface area contributed by atoms with Gasteiger partial charge in [-0.05, 0) is 54.9 Å². The quantitative estimate of drug-likeness (QED) is 0.302. The molecule has 41 heavy (non-hydrogen) atoms. The normalized spacial score (nSPS) is 22.8. The maximum Gasteiger partial charge on any atom is 0.239 e. The van der Waals surface area contributed by atoms with Crippen LogP contribution < -0.4 is 22.1 Å². The van der Waals surface area contributed by atoms with Crippen LogP contribution in [-0.4, -0.2) is 69.5 Å². The highest BCUT2D eigenvalue weighted by atomic mass is 16.2. The third kappa shape index (κ3) is 5.32. The van der Waals surface area contributed by atoms with Crippen LogP contribution in [0.25, 0.3) is 28.1 Å². The number of likely N-dealkylation sites (tertiary alicyclic amines) is 2. The van der Waals surface area contributed by atoms with E-state index in [0.717, 1.165) is 78.2 Å². The molecule has 3 aliphatic heterocycles. The minimum absolute atomic E-state index is 0.00680. The van der Waals surface area contributed by atoms with Crippen LogP contribution in [0.4, 0.5) is 0 Å². The number of carbonyl (C=O) groups is 2. The van der Waals surface area contributed by atoms with Gasteiger partial charge in [0.05, 0.1) is 42.3 Å². The smallest absolute Gasteiger partial charge is 0.239 e. The molecule has 4 atom stereocenters. The number of imidazole rings is 1. The molecule has 1 unspecified atom stereocenters. The molecule has 2 saturated heterocycles. The molecule has 10 heteroatoms. The maximum absolute atomic E-state index is 12.5. The minimum atomic E-state index is -0.487. The van der Waals surface area contributed by atoms with E-state index in [1.165, 1.54) is 0 Å². The van der Waals surface area contributed by atoms with E-state index in [0.29, 0.717) is 0 Å². The predicted octanol–water partition coefficient (Wildman–Crippen LogP) is 2.52. The zero-order chi connectivity index (χ0) is 28.5. The molecule has 2 fully saturated rings. The van der Waals surface area contributed by atoms with Gasteiger partial charge in [-0.15, -0.1) is 0 Å². The van der Waals surface area contributed by atoms with Gasteiger partial charge in [0.25, 0.3) is 0 Å². The average molecular weight is 555 g/mol. The Morgan fingerprint density at radius 1 is 0.951 bits per heavy atom. The van der Waals surface area contributed by atoms with Crippen LogP contribution in [0.15, 0.2) is 60.9 Å². The van der Waals surface area contributed by atoms with Gasteiger partial charge in [0.1, 0.15) is 12.0 Å². The van der Waals surface area contributed by atoms with Gasteiger partial charge in [0.2, 0.25) is 11.8 Å². The fraction of sp³-hybridized carbons (Fsp3) is 0.387. The molecule has 7 N–H and O–H groups in total. The molecular formula is C31H38N8O2. The lowest BCUT2D eigenvalue weighted by atomic mass is 10.0. The van der Waals surface area contributed by atoms with Crippen molar-refractivity contribution in [2.75, 3.05) is 19.6 Å². The third-order valence-electron chi connectivity index (χ3n) is 8.46. The van der Waals surface area contributed by atoms with Crippen molar-refractivity contribution in [2.45, 2.75) is 56.9 Å². The van der Waals surface area contributed by atoms with Crippen LogP contribution in [-0.2, 0) is 9.59 Å². The van der Waals surface area contributed by atoms with Crippen molar-refractivity contribution < 1.29 is 9.59 Å². The molecule has 0 saturated carbocycles. The number of hydrogen-bond acceptors (Lipinski definition) is 7. The van der Waals surface area contributed by atoms with Crippen molar-refractivity contribution in [2.24, 2.45) is 11.5 Å². The summed E-state index contributed by atoms with van der Waals surface area (Å²) >= 11 is 0. The van der Waals surface area contributed by atoms with Gasteiger partial charge in [-0.2, -0.15) is 0 Å². The molecule has 0 aliphatic carbocycles. The number of nitrogens with two attached hydrogens (primary N) is 2. The van der Waals surface area contributed by atoms with E-state index >= 15 is 0 Å². The monoisotopic (exact) mass is 554 g/mol. The predicted molar refractivity (Wildman–Crippen MR) is 159 cm³/mol. The Kier molecular flexibility index (Phi) is 7.51. The van der Waals surface area contributed by atoms with Gasteiger partial charge < -0.3 is 36.9 Å². The zero-order valence-corrected chi connectivity index (χ0v) is 23.3. The summed E-state index contributed by atoms with van der Waals surface area (Å²) in [4.78, 5) is 36.5. The van der Waals surface area contributed by atoms with Crippen molar-refractivity contribution in [1.29, 1.82) is 0 Å². The summed E-state index contributed by atoms with van der Waals surface area (Å²) in [6.45, 7) is 3.25. The summed E-state index contributed by atoms with van der Waals surface area (Å²) in [5, 5.41) is 7.00. The molecule has 3 aromatic rings. The van der Waals surface area contributed by atoms with E-state index in [1.807, 2.05) is 22.2 Å². The van der Waals surface area contributed by atoms with Crippen LogP contribution in [0.5, 0.6) is 0 Å². The average Bonchev–Trinajstić information content (AvgIpc) is 3.82. The van der Waals surface area contributed by atoms with Crippen LogP contribution in [0.2, 0.25) is 0 Å². The van der Waals surface area contributed by atoms with Gasteiger partial charge >= 0.3 is 0 Å². The second-order valence-electron chi connectivity index (χ2n) is 11.2. The number of aromatic amines is 1. The molecule has 2 amide bonds. The molecule has 3 aliphatic rings. The van der Waals surface area contributed by atoms with Crippen molar-refractivity contribution in [3.63, 3.8) is 0 Å². The molecule has 2 aromatic carbocycles. The van der Waals surface area contributed by atoms with Crippen LogP contribution >= 0.6 is 0 Å². The Morgan fingerprint density at radius 2 is 1.59 bits per heavy atom. The SMILES string of the molecule is C[C@H](N)C(=O)N1CCC[C@H]1C1NC=C(c2ccc(-c3ccc(-c4cnc([C@@H]5CCCN5C(=O)CN)[nH]4)cc3)cc2)N1. The highest BCUT2D eigenvalue weighted by Gasteiger charge is 2.37. The lowest BCUT2D eigenvalue weighted by molar-refractivity contribution is -0.133. The summed E-state index contributed by atoms with van der Waals surface area (Å²) in [7, 11) is 0. The standard InChI is InChI=1S/C31H38N8O2/c1-19(33)31(41)39-15-3-5-27(39)30-35-18-25(37-30)23-12-8-21(9-13-23)20-6-10-22(11-7-20)24-17-34-29(36-24)26-4-2-14-38(26)28(40)16-32/h6-13,17-19,26-27,30,35,37H,2-5,14-16,32-33H2,1H3,(H,34,36)/t19-,26-,27-,30?/m0/s1. The van der Waals surface area contributed by atoms with Gasteiger partial charge in [0.15, 0.2) is 0 Å². The van der Waals surface area contributed by atoms with Crippen molar-refractivity contribution >= 4 is 17.5 Å². The van der Waals surface area contributed by atoms with Crippen molar-refractivity contribution in [3.8, 4) is 22.4 Å². The Labute approximate surface area is 240 Å². The summed E-state index contributed by atoms with van der Waals surface area (Å²) in [5.74, 6) is 0.782. The minimum Gasteiger partial charge on any atom is -0.368 e. The first-order chi connectivity index (χ1) is 19.9. The first-order valence-electron chi connectivity index (χ1n) is 14.5. The van der Waals surface area contributed by atoms with Crippen LogP contribution in [0.1, 0.15) is 50.0 Å². The molecule has 0 spiro atoms. The Morgan fingerprint density at radius 3 is 2.27 bits per heavy atom. The number of amides is 2. The number of aromatic nitrogens is 2. The first kappa shape index (κ1) is 27.0. The molecular weight excluding hydrogens is 516 g/mol. The number of nitrogens with zero attached hydrogens (tertiary/aromatic N) is 3. The molecule has 214 valence electrons. The second kappa shape index (κ2) is 11.4.